The first-order valence-electron chi connectivity index (χ1n) is 4.49. The number of amides is 1. The lowest BCUT2D eigenvalue weighted by Gasteiger charge is -2.17. The van der Waals surface area contributed by atoms with Crippen LogP contribution >= 0.6 is 0 Å². The summed E-state index contributed by atoms with van der Waals surface area (Å²) in [5.74, 6) is 0.712. The summed E-state index contributed by atoms with van der Waals surface area (Å²) in [6.45, 7) is 0. The molecule has 0 aromatic rings. The van der Waals surface area contributed by atoms with Crippen LogP contribution in [0.4, 0.5) is 0 Å². The summed E-state index contributed by atoms with van der Waals surface area (Å²) in [5, 5.41) is 3.03. The summed E-state index contributed by atoms with van der Waals surface area (Å²) in [5.41, 5.74) is 0.00588. The van der Waals surface area contributed by atoms with Gasteiger partial charge in [0, 0.05) is 5.92 Å². The third-order valence-corrected chi connectivity index (χ3v) is 3.31. The first-order chi connectivity index (χ1) is 5.83. The number of nitrogens with one attached hydrogen (secondary N) is 1. The number of hydrogen-bond acceptors (Lipinski definition) is 1. The Morgan fingerprint density at radius 2 is 2.08 bits per heavy atom. The minimum atomic E-state index is 0.00588. The third kappa shape index (κ3) is 0.591. The molecule has 0 radical (unpaired) electrons. The summed E-state index contributed by atoms with van der Waals surface area (Å²) in [4.78, 5) is 11.5. The van der Waals surface area contributed by atoms with Gasteiger partial charge < -0.3 is 5.32 Å². The molecule has 1 amide bonds. The van der Waals surface area contributed by atoms with E-state index in [1.807, 2.05) is 6.08 Å². The van der Waals surface area contributed by atoms with E-state index in [0.717, 1.165) is 12.8 Å². The molecule has 2 atom stereocenters. The molecular formula is C10H11NO. The summed E-state index contributed by atoms with van der Waals surface area (Å²) in [6.07, 6.45) is 10.5. The van der Waals surface area contributed by atoms with Gasteiger partial charge in [-0.25, -0.2) is 0 Å². The van der Waals surface area contributed by atoms with Crippen molar-refractivity contribution in [1.82, 2.24) is 5.32 Å². The molecule has 1 spiro atoms. The largest absolute Gasteiger partial charge is 0.349 e. The van der Waals surface area contributed by atoms with Gasteiger partial charge in [-0.1, -0.05) is 24.3 Å². The maximum absolute atomic E-state index is 11.5. The molecule has 62 valence electrons. The molecule has 2 nitrogen and oxygen atoms in total. The minimum Gasteiger partial charge on any atom is -0.349 e. The summed E-state index contributed by atoms with van der Waals surface area (Å²) in [7, 11) is 0. The molecule has 0 bridgehead atoms. The summed E-state index contributed by atoms with van der Waals surface area (Å²) < 4.78 is 0. The second-order valence-electron chi connectivity index (χ2n) is 3.95. The van der Waals surface area contributed by atoms with Crippen molar-refractivity contribution in [3.63, 3.8) is 0 Å². The average molecular weight is 161 g/mol. The molecule has 1 saturated heterocycles. The number of allylic oxidation sites excluding steroid dienone is 2. The number of fused-ring (bicyclic) bond motifs is 2. The SMILES string of the molecule is O=C1NC2C=CC=CC2C12CC2. The zero-order valence-electron chi connectivity index (χ0n) is 6.79. The number of hydrogen-bond donors (Lipinski definition) is 1. The van der Waals surface area contributed by atoms with Crippen LogP contribution in [-0.4, -0.2) is 11.9 Å². The predicted octanol–water partition coefficient (Wildman–Crippen LogP) is 1.01. The second-order valence-corrected chi connectivity index (χ2v) is 3.95. The molecule has 1 heterocycles. The Balaban J connectivity index is 2.03. The van der Waals surface area contributed by atoms with Crippen LogP contribution in [0.25, 0.3) is 0 Å². The van der Waals surface area contributed by atoms with E-state index in [2.05, 4.69) is 23.5 Å². The van der Waals surface area contributed by atoms with Crippen LogP contribution in [0.3, 0.4) is 0 Å². The number of carbonyl (C=O) groups excluding carboxylic acids is 1. The van der Waals surface area contributed by atoms with E-state index < -0.39 is 0 Å². The van der Waals surface area contributed by atoms with Gasteiger partial charge in [0.05, 0.1) is 11.5 Å². The van der Waals surface area contributed by atoms with Crippen molar-refractivity contribution >= 4 is 5.91 Å². The lowest BCUT2D eigenvalue weighted by atomic mass is 9.85. The molecule has 2 aliphatic carbocycles. The van der Waals surface area contributed by atoms with E-state index in [1.165, 1.54) is 0 Å². The van der Waals surface area contributed by atoms with Crippen molar-refractivity contribution in [1.29, 1.82) is 0 Å². The van der Waals surface area contributed by atoms with Gasteiger partial charge in [-0.15, -0.1) is 0 Å². The van der Waals surface area contributed by atoms with Gasteiger partial charge >= 0.3 is 0 Å². The van der Waals surface area contributed by atoms with Crippen LogP contribution in [0.1, 0.15) is 12.8 Å². The molecule has 0 aromatic carbocycles. The Bertz CT molecular complexity index is 299. The van der Waals surface area contributed by atoms with Gasteiger partial charge in [0.15, 0.2) is 0 Å². The average Bonchev–Trinajstić information content (AvgIpc) is 2.80. The fourth-order valence-electron chi connectivity index (χ4n) is 2.41. The molecule has 12 heavy (non-hydrogen) atoms. The van der Waals surface area contributed by atoms with Crippen molar-refractivity contribution in [3.8, 4) is 0 Å². The van der Waals surface area contributed by atoms with Crippen LogP contribution in [0.5, 0.6) is 0 Å². The topological polar surface area (TPSA) is 29.1 Å². The third-order valence-electron chi connectivity index (χ3n) is 3.31. The van der Waals surface area contributed by atoms with Gasteiger partial charge in [-0.2, -0.15) is 0 Å². The van der Waals surface area contributed by atoms with Crippen LogP contribution < -0.4 is 5.32 Å². The van der Waals surface area contributed by atoms with E-state index >= 15 is 0 Å². The normalized spacial score (nSPS) is 39.8. The molecule has 2 fully saturated rings. The van der Waals surface area contributed by atoms with E-state index in [1.54, 1.807) is 0 Å². The number of rotatable bonds is 0. The maximum Gasteiger partial charge on any atom is 0.227 e. The fourth-order valence-corrected chi connectivity index (χ4v) is 2.41. The van der Waals surface area contributed by atoms with E-state index in [9.17, 15) is 4.79 Å². The Hall–Kier alpha value is -1.05. The van der Waals surface area contributed by atoms with Crippen molar-refractivity contribution in [2.45, 2.75) is 18.9 Å². The lowest BCUT2D eigenvalue weighted by molar-refractivity contribution is -0.124. The molecule has 1 N–H and O–H groups in total. The molecule has 3 rings (SSSR count). The van der Waals surface area contributed by atoms with Gasteiger partial charge in [-0.05, 0) is 12.8 Å². The van der Waals surface area contributed by atoms with Crippen LogP contribution in [0.2, 0.25) is 0 Å². The monoisotopic (exact) mass is 161 g/mol. The van der Waals surface area contributed by atoms with Gasteiger partial charge in [0.1, 0.15) is 0 Å². The Morgan fingerprint density at radius 1 is 1.33 bits per heavy atom. The van der Waals surface area contributed by atoms with Crippen LogP contribution in [0, 0.1) is 11.3 Å². The highest BCUT2D eigenvalue weighted by molar-refractivity contribution is 5.89. The lowest BCUT2D eigenvalue weighted by Crippen LogP contribution is -2.26. The standard InChI is InChI=1S/C10H11NO/c12-9-10(5-6-10)7-3-1-2-4-8(7)11-9/h1-4,7-8H,5-6H2,(H,11,12). The highest BCUT2D eigenvalue weighted by Crippen LogP contribution is 2.57. The zero-order chi connectivity index (χ0) is 8.18. The highest BCUT2D eigenvalue weighted by atomic mass is 16.2. The summed E-state index contributed by atoms with van der Waals surface area (Å²) in [6, 6.07) is 0.282. The molecule has 2 unspecified atom stereocenters. The van der Waals surface area contributed by atoms with Crippen molar-refractivity contribution < 1.29 is 4.79 Å². The Kier molecular flexibility index (Phi) is 0.978. The Labute approximate surface area is 71.3 Å². The van der Waals surface area contributed by atoms with Crippen LogP contribution in [-0.2, 0) is 4.79 Å². The van der Waals surface area contributed by atoms with Gasteiger partial charge in [-0.3, -0.25) is 4.79 Å². The smallest absolute Gasteiger partial charge is 0.227 e. The molecule has 0 aromatic heterocycles. The molecule has 1 saturated carbocycles. The van der Waals surface area contributed by atoms with Crippen molar-refractivity contribution in [2.24, 2.45) is 11.3 Å². The second kappa shape index (κ2) is 1.82. The molecule has 3 aliphatic rings. The number of carbonyl (C=O) groups is 1. The predicted molar refractivity (Wildman–Crippen MR) is 45.4 cm³/mol. The van der Waals surface area contributed by atoms with Crippen molar-refractivity contribution in [3.05, 3.63) is 24.3 Å². The van der Waals surface area contributed by atoms with E-state index in [-0.39, 0.29) is 17.4 Å². The van der Waals surface area contributed by atoms with Crippen molar-refractivity contribution in [2.75, 3.05) is 0 Å². The maximum atomic E-state index is 11.5. The van der Waals surface area contributed by atoms with E-state index in [4.69, 9.17) is 0 Å². The molecule has 1 aliphatic heterocycles. The Morgan fingerprint density at radius 3 is 2.83 bits per heavy atom. The van der Waals surface area contributed by atoms with Crippen LogP contribution in [0.15, 0.2) is 24.3 Å². The van der Waals surface area contributed by atoms with Gasteiger partial charge in [0.25, 0.3) is 0 Å². The zero-order valence-corrected chi connectivity index (χ0v) is 6.79. The molecular weight excluding hydrogens is 150 g/mol. The quantitative estimate of drug-likeness (QED) is 0.564. The van der Waals surface area contributed by atoms with E-state index in [0.29, 0.717) is 5.92 Å². The first-order valence-corrected chi connectivity index (χ1v) is 4.49. The minimum absolute atomic E-state index is 0.00588. The summed E-state index contributed by atoms with van der Waals surface area (Å²) >= 11 is 0. The fraction of sp³-hybridized carbons (Fsp3) is 0.500. The molecule has 2 heteroatoms. The first kappa shape index (κ1) is 6.46. The van der Waals surface area contributed by atoms with Gasteiger partial charge in [0.2, 0.25) is 5.91 Å². The highest BCUT2D eigenvalue weighted by Gasteiger charge is 2.61.